The Hall–Kier alpha value is -1.20. The molecule has 0 spiro atoms. The molecule has 6 nitrogen and oxygen atoms in total. The molecule has 0 aliphatic heterocycles. The number of rotatable bonds is 7. The smallest absolute Gasteiger partial charge is 0.346 e. The average molecular weight is 301 g/mol. The zero-order chi connectivity index (χ0) is 15.3. The quantitative estimate of drug-likeness (QED) is 0.573. The summed E-state index contributed by atoms with van der Waals surface area (Å²) in [7, 11) is -4.51. The molecule has 2 atom stereocenters. The number of carboxylic acids is 1. The van der Waals surface area contributed by atoms with E-state index < -0.39 is 25.4 Å². The zero-order valence-corrected chi connectivity index (χ0v) is 12.3. The Labute approximate surface area is 118 Å². The molecule has 7 heteroatoms. The van der Waals surface area contributed by atoms with Crippen molar-refractivity contribution in [2.75, 3.05) is 0 Å². The highest BCUT2D eigenvalue weighted by atomic mass is 31.2. The highest BCUT2D eigenvalue weighted by molar-refractivity contribution is 7.52. The van der Waals surface area contributed by atoms with Crippen LogP contribution in [0.1, 0.15) is 31.6 Å². The Morgan fingerprint density at radius 3 is 2.20 bits per heavy atom. The molecule has 1 aromatic carbocycles. The second-order valence-corrected chi connectivity index (χ2v) is 6.78. The summed E-state index contributed by atoms with van der Waals surface area (Å²) in [4.78, 5) is 30.1. The zero-order valence-electron chi connectivity index (χ0n) is 11.4. The monoisotopic (exact) mass is 301 g/mol. The topological polar surface area (TPSA) is 107 Å². The maximum atomic E-state index is 11.6. The van der Waals surface area contributed by atoms with Gasteiger partial charge in [0.2, 0.25) is 0 Å². The van der Waals surface area contributed by atoms with Gasteiger partial charge in [-0.15, -0.1) is 0 Å². The van der Waals surface area contributed by atoms with Crippen molar-refractivity contribution in [2.24, 2.45) is 5.92 Å². The van der Waals surface area contributed by atoms with Crippen molar-refractivity contribution in [3.63, 3.8) is 0 Å². The predicted molar refractivity (Wildman–Crippen MR) is 75.2 cm³/mol. The Bertz CT molecular complexity index is 485. The first-order chi connectivity index (χ1) is 9.21. The minimum absolute atomic E-state index is 0.0943. The van der Waals surface area contributed by atoms with Crippen LogP contribution in [0.15, 0.2) is 30.3 Å². The van der Waals surface area contributed by atoms with E-state index in [-0.39, 0.29) is 5.92 Å². The van der Waals surface area contributed by atoms with Gasteiger partial charge in [0.25, 0.3) is 0 Å². The summed E-state index contributed by atoms with van der Waals surface area (Å²) in [5.41, 5.74) is 0.371. The van der Waals surface area contributed by atoms with Crippen LogP contribution in [-0.2, 0) is 9.36 Å². The first-order valence-corrected chi connectivity index (χ1v) is 7.99. The van der Waals surface area contributed by atoms with Crippen LogP contribution in [0.4, 0.5) is 0 Å². The van der Waals surface area contributed by atoms with Crippen LogP contribution in [0.3, 0.4) is 0 Å². The van der Waals surface area contributed by atoms with Gasteiger partial charge in [0.15, 0.2) is 0 Å². The maximum absolute atomic E-state index is 11.6. The second-order valence-electron chi connectivity index (χ2n) is 5.09. The lowest BCUT2D eigenvalue weighted by Crippen LogP contribution is -2.40. The molecule has 0 aliphatic rings. The van der Waals surface area contributed by atoms with Crippen molar-refractivity contribution in [2.45, 2.75) is 32.1 Å². The lowest BCUT2D eigenvalue weighted by atomic mass is 10.0. The van der Waals surface area contributed by atoms with Crippen LogP contribution in [0, 0.1) is 5.92 Å². The summed E-state index contributed by atoms with van der Waals surface area (Å²) in [6.07, 6.45) is 0.290. The third-order valence-corrected chi connectivity index (χ3v) is 3.94. The number of hydrogen-bond donors (Lipinski definition) is 4. The molecule has 0 unspecified atom stereocenters. The van der Waals surface area contributed by atoms with E-state index in [1.165, 1.54) is 0 Å². The fourth-order valence-corrected chi connectivity index (χ4v) is 2.86. The van der Waals surface area contributed by atoms with Crippen molar-refractivity contribution >= 4 is 13.6 Å². The van der Waals surface area contributed by atoms with Gasteiger partial charge in [-0.1, -0.05) is 44.2 Å². The third kappa shape index (κ3) is 5.06. The van der Waals surface area contributed by atoms with E-state index in [1.807, 2.05) is 13.8 Å². The van der Waals surface area contributed by atoms with E-state index in [2.05, 4.69) is 5.32 Å². The molecule has 0 heterocycles. The van der Waals surface area contributed by atoms with Gasteiger partial charge in [-0.25, -0.2) is 0 Å². The summed E-state index contributed by atoms with van der Waals surface area (Å²) in [5, 5.41) is 11.7. The Kier molecular flexibility index (Phi) is 5.89. The minimum atomic E-state index is -4.51. The highest BCUT2D eigenvalue weighted by Crippen LogP contribution is 2.50. The van der Waals surface area contributed by atoms with Crippen molar-refractivity contribution in [3.05, 3.63) is 35.9 Å². The van der Waals surface area contributed by atoms with Gasteiger partial charge in [-0.05, 0) is 17.9 Å². The minimum Gasteiger partial charge on any atom is -0.480 e. The van der Waals surface area contributed by atoms with Crippen molar-refractivity contribution in [1.29, 1.82) is 0 Å². The third-order valence-electron chi connectivity index (χ3n) is 2.82. The first kappa shape index (κ1) is 16.9. The fourth-order valence-electron chi connectivity index (χ4n) is 1.92. The molecule has 1 rings (SSSR count). The van der Waals surface area contributed by atoms with Crippen LogP contribution >= 0.6 is 7.60 Å². The van der Waals surface area contributed by atoms with Crippen LogP contribution in [0.5, 0.6) is 0 Å². The summed E-state index contributed by atoms with van der Waals surface area (Å²) in [6.45, 7) is 3.71. The molecule has 20 heavy (non-hydrogen) atoms. The molecular weight excluding hydrogens is 281 g/mol. The number of aliphatic carboxylic acids is 1. The van der Waals surface area contributed by atoms with Gasteiger partial charge >= 0.3 is 13.6 Å². The Morgan fingerprint density at radius 2 is 1.80 bits per heavy atom. The van der Waals surface area contributed by atoms with Gasteiger partial charge in [-0.2, -0.15) is 0 Å². The number of carboxylic acid groups (broad SMARTS) is 1. The molecule has 4 N–H and O–H groups in total. The van der Waals surface area contributed by atoms with Crippen LogP contribution in [-0.4, -0.2) is 26.9 Å². The largest absolute Gasteiger partial charge is 0.480 e. The molecule has 0 aliphatic carbocycles. The molecular formula is C13H20NO5P. The molecule has 0 saturated carbocycles. The Balaban J connectivity index is 3.01. The lowest BCUT2D eigenvalue weighted by Gasteiger charge is -2.25. The second kappa shape index (κ2) is 6.99. The maximum Gasteiger partial charge on any atom is 0.346 e. The van der Waals surface area contributed by atoms with Gasteiger partial charge in [0.1, 0.15) is 11.8 Å². The van der Waals surface area contributed by atoms with Crippen molar-refractivity contribution in [1.82, 2.24) is 5.32 Å². The van der Waals surface area contributed by atoms with Crippen LogP contribution in [0.2, 0.25) is 0 Å². The van der Waals surface area contributed by atoms with E-state index in [0.29, 0.717) is 12.0 Å². The van der Waals surface area contributed by atoms with Crippen LogP contribution in [0.25, 0.3) is 0 Å². The summed E-state index contributed by atoms with van der Waals surface area (Å²) >= 11 is 0. The summed E-state index contributed by atoms with van der Waals surface area (Å²) in [5.74, 6) is -2.34. The van der Waals surface area contributed by atoms with E-state index in [4.69, 9.17) is 5.11 Å². The first-order valence-electron chi connectivity index (χ1n) is 6.31. The highest BCUT2D eigenvalue weighted by Gasteiger charge is 2.34. The Morgan fingerprint density at radius 1 is 1.25 bits per heavy atom. The van der Waals surface area contributed by atoms with Crippen molar-refractivity contribution < 1.29 is 24.3 Å². The lowest BCUT2D eigenvalue weighted by molar-refractivity contribution is -0.140. The standard InChI is InChI=1S/C13H20NO5P/c1-9(2)8-11(13(15)16)14-12(20(17,18)19)10-6-4-3-5-7-10/h3-7,9,11-12,14H,8H2,1-2H3,(H,15,16)(H2,17,18,19)/t11-,12+/m0/s1. The van der Waals surface area contributed by atoms with Gasteiger partial charge in [-0.3, -0.25) is 14.7 Å². The molecule has 0 aromatic heterocycles. The molecule has 0 fully saturated rings. The van der Waals surface area contributed by atoms with Gasteiger partial charge < -0.3 is 14.9 Å². The van der Waals surface area contributed by atoms with E-state index in [0.717, 1.165) is 0 Å². The summed E-state index contributed by atoms with van der Waals surface area (Å²) < 4.78 is 11.6. The molecule has 112 valence electrons. The molecule has 0 saturated heterocycles. The van der Waals surface area contributed by atoms with Gasteiger partial charge in [0, 0.05) is 0 Å². The average Bonchev–Trinajstić information content (AvgIpc) is 2.33. The van der Waals surface area contributed by atoms with Crippen molar-refractivity contribution in [3.8, 4) is 0 Å². The van der Waals surface area contributed by atoms with E-state index in [1.54, 1.807) is 30.3 Å². The predicted octanol–water partition coefficient (Wildman–Crippen LogP) is 1.95. The SMILES string of the molecule is CC(C)C[C@H](N[C@@H](c1ccccc1)P(=O)(O)O)C(=O)O. The molecule has 0 amide bonds. The normalized spacial score (nSPS) is 15.1. The molecule has 0 bridgehead atoms. The van der Waals surface area contributed by atoms with E-state index in [9.17, 15) is 19.1 Å². The van der Waals surface area contributed by atoms with Gasteiger partial charge in [0.05, 0.1) is 0 Å². The number of benzene rings is 1. The van der Waals surface area contributed by atoms with E-state index >= 15 is 0 Å². The molecule has 0 radical (unpaired) electrons. The summed E-state index contributed by atoms with van der Waals surface area (Å²) in [6, 6.07) is 7.14. The van der Waals surface area contributed by atoms with Crippen LogP contribution < -0.4 is 5.32 Å². The molecule has 1 aromatic rings. The number of carbonyl (C=O) groups is 1. The fraction of sp³-hybridized carbons (Fsp3) is 0.462. The number of nitrogens with one attached hydrogen (secondary N) is 1. The number of hydrogen-bond acceptors (Lipinski definition) is 3.